The van der Waals surface area contributed by atoms with Gasteiger partial charge in [0.2, 0.25) is 0 Å². The highest BCUT2D eigenvalue weighted by atomic mass is 16.5. The van der Waals surface area contributed by atoms with Crippen LogP contribution in [0.15, 0.2) is 0 Å². The Kier molecular flexibility index (Phi) is 2.26. The number of ether oxygens (including phenoxy) is 1. The lowest BCUT2D eigenvalue weighted by Crippen LogP contribution is -2.62. The van der Waals surface area contributed by atoms with Crippen LogP contribution in [-0.4, -0.2) is 37.4 Å². The van der Waals surface area contributed by atoms with Crippen LogP contribution in [0.1, 0.15) is 12.8 Å². The van der Waals surface area contributed by atoms with Gasteiger partial charge in [0.1, 0.15) is 0 Å². The summed E-state index contributed by atoms with van der Waals surface area (Å²) < 4.78 is 5.23. The molecule has 0 atom stereocenters. The minimum absolute atomic E-state index is 0.306. The van der Waals surface area contributed by atoms with Crippen molar-refractivity contribution in [2.75, 3.05) is 26.3 Å². The van der Waals surface area contributed by atoms with Crippen molar-refractivity contribution < 1.29 is 14.6 Å². The van der Waals surface area contributed by atoms with Gasteiger partial charge in [0.05, 0.1) is 5.41 Å². The lowest BCUT2D eigenvalue weighted by Gasteiger charge is -2.46. The van der Waals surface area contributed by atoms with Crippen molar-refractivity contribution >= 4 is 5.97 Å². The van der Waals surface area contributed by atoms with Crippen LogP contribution in [0.2, 0.25) is 0 Å². The van der Waals surface area contributed by atoms with Gasteiger partial charge in [-0.15, -0.1) is 0 Å². The van der Waals surface area contributed by atoms with Crippen LogP contribution in [0.4, 0.5) is 0 Å². The molecule has 0 unspecified atom stereocenters. The topological polar surface area (TPSA) is 58.6 Å². The highest BCUT2D eigenvalue weighted by Crippen LogP contribution is 2.38. The maximum atomic E-state index is 11.1. The summed E-state index contributed by atoms with van der Waals surface area (Å²) in [5.74, 6) is -0.335. The van der Waals surface area contributed by atoms with Crippen molar-refractivity contribution in [1.29, 1.82) is 0 Å². The molecule has 0 saturated carbocycles. The number of nitrogens with one attached hydrogen (secondary N) is 1. The molecule has 0 spiro atoms. The maximum absolute atomic E-state index is 11.1. The molecule has 2 heterocycles. The third-order valence-electron chi connectivity index (χ3n) is 3.31. The van der Waals surface area contributed by atoms with Crippen molar-refractivity contribution in [2.45, 2.75) is 12.8 Å². The van der Waals surface area contributed by atoms with E-state index >= 15 is 0 Å². The molecular weight excluding hydrogens is 170 g/mol. The Hall–Kier alpha value is -0.610. The van der Waals surface area contributed by atoms with Gasteiger partial charge in [0.25, 0.3) is 0 Å². The Balaban J connectivity index is 2.06. The molecule has 2 N–H and O–H groups in total. The van der Waals surface area contributed by atoms with Gasteiger partial charge in [-0.25, -0.2) is 0 Å². The second kappa shape index (κ2) is 3.27. The number of carboxylic acid groups (broad SMARTS) is 1. The third kappa shape index (κ3) is 1.34. The molecule has 0 bridgehead atoms. The summed E-state index contributed by atoms with van der Waals surface area (Å²) >= 11 is 0. The summed E-state index contributed by atoms with van der Waals surface area (Å²) in [6.45, 7) is 2.71. The molecule has 0 aromatic heterocycles. The molecule has 2 rings (SSSR count). The number of rotatable bonds is 2. The van der Waals surface area contributed by atoms with Crippen molar-refractivity contribution in [3.05, 3.63) is 0 Å². The first-order valence-electron chi connectivity index (χ1n) is 4.77. The van der Waals surface area contributed by atoms with E-state index in [2.05, 4.69) is 5.32 Å². The van der Waals surface area contributed by atoms with Gasteiger partial charge in [-0.05, 0) is 18.8 Å². The molecule has 2 fully saturated rings. The molecule has 4 nitrogen and oxygen atoms in total. The fraction of sp³-hybridized carbons (Fsp3) is 0.889. The second-order valence-corrected chi connectivity index (χ2v) is 3.95. The minimum Gasteiger partial charge on any atom is -0.481 e. The predicted octanol–water partition coefficient (Wildman–Crippen LogP) is 0.0872. The van der Waals surface area contributed by atoms with Crippen LogP contribution in [0.25, 0.3) is 0 Å². The SMILES string of the molecule is O=C(O)C1(C2CCOCC2)CNC1. The third-order valence-corrected chi connectivity index (χ3v) is 3.31. The van der Waals surface area contributed by atoms with Crippen LogP contribution in [0.5, 0.6) is 0 Å². The molecule has 0 aliphatic carbocycles. The van der Waals surface area contributed by atoms with Gasteiger partial charge in [-0.2, -0.15) is 0 Å². The van der Waals surface area contributed by atoms with E-state index < -0.39 is 11.4 Å². The van der Waals surface area contributed by atoms with Crippen LogP contribution in [0, 0.1) is 11.3 Å². The Morgan fingerprint density at radius 2 is 2.00 bits per heavy atom. The normalized spacial score (nSPS) is 28.0. The zero-order chi connectivity index (χ0) is 9.31. The standard InChI is InChI=1S/C9H15NO3/c11-8(12)9(5-10-6-9)7-1-3-13-4-2-7/h7,10H,1-6H2,(H,11,12). The maximum Gasteiger partial charge on any atom is 0.312 e. The molecule has 74 valence electrons. The molecule has 0 radical (unpaired) electrons. The highest BCUT2D eigenvalue weighted by Gasteiger charge is 2.50. The van der Waals surface area contributed by atoms with Gasteiger partial charge >= 0.3 is 5.97 Å². The molecule has 2 aliphatic rings. The van der Waals surface area contributed by atoms with E-state index in [-0.39, 0.29) is 0 Å². The number of carbonyl (C=O) groups is 1. The average Bonchev–Trinajstić information content (AvgIpc) is 2.03. The van der Waals surface area contributed by atoms with Gasteiger partial charge in [-0.1, -0.05) is 0 Å². The quantitative estimate of drug-likeness (QED) is 0.640. The first kappa shape index (κ1) is 8.97. The van der Waals surface area contributed by atoms with Gasteiger partial charge in [-0.3, -0.25) is 4.79 Å². The molecule has 13 heavy (non-hydrogen) atoms. The lowest BCUT2D eigenvalue weighted by atomic mass is 9.67. The smallest absolute Gasteiger partial charge is 0.312 e. The van der Waals surface area contributed by atoms with Gasteiger partial charge in [0.15, 0.2) is 0 Å². The summed E-state index contributed by atoms with van der Waals surface area (Å²) in [7, 11) is 0. The Morgan fingerprint density at radius 3 is 2.38 bits per heavy atom. The summed E-state index contributed by atoms with van der Waals surface area (Å²) in [6.07, 6.45) is 1.79. The van der Waals surface area contributed by atoms with E-state index in [1.165, 1.54) is 0 Å². The van der Waals surface area contributed by atoms with E-state index in [0.29, 0.717) is 19.0 Å². The minimum atomic E-state index is -0.641. The van der Waals surface area contributed by atoms with Crippen LogP contribution in [0.3, 0.4) is 0 Å². The highest BCUT2D eigenvalue weighted by molar-refractivity contribution is 5.77. The van der Waals surface area contributed by atoms with E-state index in [9.17, 15) is 4.79 Å². The molecule has 2 saturated heterocycles. The second-order valence-electron chi connectivity index (χ2n) is 3.95. The van der Waals surface area contributed by atoms with E-state index in [1.54, 1.807) is 0 Å². The van der Waals surface area contributed by atoms with Crippen LogP contribution >= 0.6 is 0 Å². The number of hydrogen-bond donors (Lipinski definition) is 2. The zero-order valence-electron chi connectivity index (χ0n) is 7.58. The Morgan fingerprint density at radius 1 is 1.38 bits per heavy atom. The Labute approximate surface area is 77.3 Å². The zero-order valence-corrected chi connectivity index (χ0v) is 7.58. The van der Waals surface area contributed by atoms with Gasteiger partial charge in [0, 0.05) is 26.3 Å². The Bertz CT molecular complexity index is 207. The largest absolute Gasteiger partial charge is 0.481 e. The predicted molar refractivity (Wildman–Crippen MR) is 46.5 cm³/mol. The van der Waals surface area contributed by atoms with Gasteiger partial charge < -0.3 is 15.2 Å². The van der Waals surface area contributed by atoms with Crippen molar-refractivity contribution in [2.24, 2.45) is 11.3 Å². The number of carboxylic acids is 1. The monoisotopic (exact) mass is 185 g/mol. The van der Waals surface area contributed by atoms with Crippen molar-refractivity contribution in [3.63, 3.8) is 0 Å². The first-order chi connectivity index (χ1) is 6.26. The molecule has 4 heteroatoms. The van der Waals surface area contributed by atoms with E-state index in [1.807, 2.05) is 0 Å². The molecular formula is C9H15NO3. The van der Waals surface area contributed by atoms with Crippen LogP contribution < -0.4 is 5.32 Å². The summed E-state index contributed by atoms with van der Waals surface area (Å²) in [4.78, 5) is 11.1. The summed E-state index contributed by atoms with van der Waals surface area (Å²) in [6, 6.07) is 0. The van der Waals surface area contributed by atoms with E-state index in [4.69, 9.17) is 9.84 Å². The molecule has 0 aromatic rings. The summed E-state index contributed by atoms with van der Waals surface area (Å²) in [5.41, 5.74) is -0.482. The van der Waals surface area contributed by atoms with Crippen molar-refractivity contribution in [1.82, 2.24) is 5.32 Å². The number of aliphatic carboxylic acids is 1. The molecule has 0 aromatic carbocycles. The lowest BCUT2D eigenvalue weighted by molar-refractivity contribution is -0.159. The molecule has 0 amide bonds. The average molecular weight is 185 g/mol. The van der Waals surface area contributed by atoms with Crippen LogP contribution in [-0.2, 0) is 9.53 Å². The fourth-order valence-electron chi connectivity index (χ4n) is 2.26. The van der Waals surface area contributed by atoms with E-state index in [0.717, 1.165) is 26.1 Å². The fourth-order valence-corrected chi connectivity index (χ4v) is 2.26. The molecule has 2 aliphatic heterocycles. The summed E-state index contributed by atoms with van der Waals surface area (Å²) in [5, 5.41) is 12.2. The first-order valence-corrected chi connectivity index (χ1v) is 4.77. The van der Waals surface area contributed by atoms with Crippen molar-refractivity contribution in [3.8, 4) is 0 Å². The number of hydrogen-bond acceptors (Lipinski definition) is 3.